The van der Waals surface area contributed by atoms with Crippen LogP contribution in [-0.2, 0) is 12.8 Å². The Hall–Kier alpha value is -2.48. The van der Waals surface area contributed by atoms with Gasteiger partial charge in [0.25, 0.3) is 0 Å². The lowest BCUT2D eigenvalue weighted by atomic mass is 9.80. The Balaban J connectivity index is 4.32. The van der Waals surface area contributed by atoms with Crippen LogP contribution in [0.4, 0.5) is 10.1 Å². The molecular formula is C30H42FN. The lowest BCUT2D eigenvalue weighted by Gasteiger charge is -2.25. The maximum atomic E-state index is 16.4. The number of allylic oxidation sites excluding steroid dienone is 8. The Morgan fingerprint density at radius 3 is 1.72 bits per heavy atom. The number of nitrogens with zero attached hydrogens (tertiary/aromatic N) is 1. The van der Waals surface area contributed by atoms with Crippen LogP contribution in [0.2, 0.25) is 0 Å². The van der Waals surface area contributed by atoms with Gasteiger partial charge in [0.1, 0.15) is 5.69 Å². The summed E-state index contributed by atoms with van der Waals surface area (Å²) < 4.78 is 16.4. The van der Waals surface area contributed by atoms with Crippen molar-refractivity contribution < 1.29 is 4.39 Å². The summed E-state index contributed by atoms with van der Waals surface area (Å²) >= 11 is 0. The summed E-state index contributed by atoms with van der Waals surface area (Å²) in [5.74, 6) is -0.298. The average Bonchev–Trinajstić information content (AvgIpc) is 2.72. The number of hydrogen-bond donors (Lipinski definition) is 0. The lowest BCUT2D eigenvalue weighted by Crippen LogP contribution is -2.09. The van der Waals surface area contributed by atoms with E-state index in [0.717, 1.165) is 62.3 Å². The normalized spacial score (nSPS) is 12.3. The van der Waals surface area contributed by atoms with E-state index in [1.807, 2.05) is 27.7 Å². The van der Waals surface area contributed by atoms with Crippen molar-refractivity contribution in [2.24, 2.45) is 4.99 Å². The van der Waals surface area contributed by atoms with Gasteiger partial charge in [-0.15, -0.1) is 0 Å². The van der Waals surface area contributed by atoms with Crippen LogP contribution in [0, 0.1) is 5.82 Å². The van der Waals surface area contributed by atoms with E-state index in [4.69, 9.17) is 0 Å². The van der Waals surface area contributed by atoms with Gasteiger partial charge in [-0.1, -0.05) is 44.2 Å². The zero-order valence-electron chi connectivity index (χ0n) is 22.2. The molecule has 1 nitrogen and oxygen atoms in total. The van der Waals surface area contributed by atoms with Crippen LogP contribution in [0.5, 0.6) is 0 Å². The van der Waals surface area contributed by atoms with Gasteiger partial charge < -0.3 is 0 Å². The number of rotatable bonds is 8. The fraction of sp³-hybridized carbons (Fsp3) is 0.433. The van der Waals surface area contributed by atoms with Crippen molar-refractivity contribution in [1.29, 1.82) is 0 Å². The first kappa shape index (κ1) is 27.6. The molecule has 0 aliphatic heterocycles. The van der Waals surface area contributed by atoms with Crippen LogP contribution >= 0.6 is 0 Å². The molecule has 174 valence electrons. The van der Waals surface area contributed by atoms with Gasteiger partial charge in [-0.3, -0.25) is 4.99 Å². The molecule has 0 aromatic heterocycles. The molecule has 1 rings (SSSR count). The van der Waals surface area contributed by atoms with Gasteiger partial charge in [-0.25, -0.2) is 4.39 Å². The SMILES string of the molecule is C=C(/C(C(C)=C(C)C)=C(C)\C(C)=C/C)c1c(F)c(N=C(C)C)c(C(=C)C)c(CC)c1CC. The van der Waals surface area contributed by atoms with E-state index in [2.05, 4.69) is 72.7 Å². The first-order chi connectivity index (χ1) is 14.8. The fourth-order valence-electron chi connectivity index (χ4n) is 4.21. The Bertz CT molecular complexity index is 1050. The largest absolute Gasteiger partial charge is 0.255 e. The standard InChI is InChI=1S/C30H42FN/c1-14-20(10)22(12)27(21(11)17(4)5)23(13)28-25(16-3)24(15-2)26(18(6)7)30(29(28)31)32-19(8)9/h14H,6,13,15-16H2,1-5,7-12H3/b20-14-,27-22-. The number of benzene rings is 1. The first-order valence-electron chi connectivity index (χ1n) is 11.6. The predicted molar refractivity (Wildman–Crippen MR) is 144 cm³/mol. The molecule has 0 radical (unpaired) electrons. The molecule has 0 aliphatic carbocycles. The first-order valence-corrected chi connectivity index (χ1v) is 11.6. The Morgan fingerprint density at radius 2 is 1.34 bits per heavy atom. The highest BCUT2D eigenvalue weighted by molar-refractivity contribution is 5.92. The molecule has 1 aromatic rings. The van der Waals surface area contributed by atoms with E-state index in [1.165, 1.54) is 5.57 Å². The van der Waals surface area contributed by atoms with E-state index in [9.17, 15) is 0 Å². The summed E-state index contributed by atoms with van der Waals surface area (Å²) in [4.78, 5) is 4.64. The summed E-state index contributed by atoms with van der Waals surface area (Å²) in [6.07, 6.45) is 3.59. The number of hydrogen-bond acceptors (Lipinski definition) is 1. The van der Waals surface area contributed by atoms with Crippen LogP contribution < -0.4 is 0 Å². The summed E-state index contributed by atoms with van der Waals surface area (Å²) in [5.41, 5.74) is 11.9. The number of halogens is 1. The summed E-state index contributed by atoms with van der Waals surface area (Å²) in [6, 6.07) is 0. The molecule has 0 saturated heterocycles. The lowest BCUT2D eigenvalue weighted by molar-refractivity contribution is 0.622. The zero-order chi connectivity index (χ0) is 24.9. The summed E-state index contributed by atoms with van der Waals surface area (Å²) in [5, 5.41) is 0. The van der Waals surface area contributed by atoms with Crippen molar-refractivity contribution in [3.05, 3.63) is 75.2 Å². The molecular weight excluding hydrogens is 393 g/mol. The molecule has 32 heavy (non-hydrogen) atoms. The highest BCUT2D eigenvalue weighted by Gasteiger charge is 2.26. The van der Waals surface area contributed by atoms with Crippen LogP contribution in [-0.4, -0.2) is 5.71 Å². The van der Waals surface area contributed by atoms with Crippen molar-refractivity contribution in [2.75, 3.05) is 0 Å². The summed E-state index contributed by atoms with van der Waals surface area (Å²) in [6.45, 7) is 31.1. The van der Waals surface area contributed by atoms with Crippen LogP contribution in [0.1, 0.15) is 98.4 Å². The summed E-state index contributed by atoms with van der Waals surface area (Å²) in [7, 11) is 0. The van der Waals surface area contributed by atoms with E-state index in [0.29, 0.717) is 17.7 Å². The quantitative estimate of drug-likeness (QED) is 0.284. The van der Waals surface area contributed by atoms with E-state index < -0.39 is 0 Å². The van der Waals surface area contributed by atoms with Crippen LogP contribution in [0.15, 0.2) is 52.1 Å². The Morgan fingerprint density at radius 1 is 0.844 bits per heavy atom. The number of aliphatic imine (C=N–C) groups is 1. The molecule has 0 aliphatic rings. The molecule has 0 bridgehead atoms. The monoisotopic (exact) mass is 435 g/mol. The van der Waals surface area contributed by atoms with Crippen molar-refractivity contribution in [3.63, 3.8) is 0 Å². The molecule has 0 spiro atoms. The maximum absolute atomic E-state index is 16.4. The molecule has 2 heteroatoms. The van der Waals surface area contributed by atoms with Gasteiger partial charge in [0.2, 0.25) is 0 Å². The third-order valence-corrected chi connectivity index (χ3v) is 6.23. The third-order valence-electron chi connectivity index (χ3n) is 6.23. The highest BCUT2D eigenvalue weighted by Crippen LogP contribution is 2.44. The minimum Gasteiger partial charge on any atom is -0.255 e. The molecule has 0 amide bonds. The van der Waals surface area contributed by atoms with Gasteiger partial charge in [0.15, 0.2) is 5.82 Å². The molecule has 1 aromatic carbocycles. The van der Waals surface area contributed by atoms with Crippen molar-refractivity contribution in [1.82, 2.24) is 0 Å². The van der Waals surface area contributed by atoms with Gasteiger partial charge in [-0.05, 0) is 114 Å². The fourth-order valence-corrected chi connectivity index (χ4v) is 4.21. The second kappa shape index (κ2) is 11.4. The molecule has 0 fully saturated rings. The van der Waals surface area contributed by atoms with Gasteiger partial charge >= 0.3 is 0 Å². The Kier molecular flexibility index (Phi) is 9.82. The average molecular weight is 436 g/mol. The van der Waals surface area contributed by atoms with E-state index in [-0.39, 0.29) is 5.82 Å². The van der Waals surface area contributed by atoms with Crippen molar-refractivity contribution in [2.45, 2.75) is 89.0 Å². The second-order valence-corrected chi connectivity index (χ2v) is 8.99. The Labute approximate surface area is 196 Å². The third kappa shape index (κ3) is 5.46. The van der Waals surface area contributed by atoms with Gasteiger partial charge in [0, 0.05) is 16.8 Å². The topological polar surface area (TPSA) is 12.4 Å². The predicted octanol–water partition coefficient (Wildman–Crippen LogP) is 9.75. The van der Waals surface area contributed by atoms with Gasteiger partial charge in [0.05, 0.1) is 0 Å². The molecule has 0 N–H and O–H groups in total. The molecule has 0 saturated carbocycles. The van der Waals surface area contributed by atoms with Crippen LogP contribution in [0.25, 0.3) is 11.1 Å². The van der Waals surface area contributed by atoms with Crippen molar-refractivity contribution in [3.8, 4) is 0 Å². The van der Waals surface area contributed by atoms with Crippen molar-refractivity contribution >= 4 is 22.5 Å². The van der Waals surface area contributed by atoms with Gasteiger partial charge in [-0.2, -0.15) is 0 Å². The second-order valence-electron chi connectivity index (χ2n) is 8.99. The van der Waals surface area contributed by atoms with Crippen LogP contribution in [0.3, 0.4) is 0 Å². The smallest absolute Gasteiger partial charge is 0.157 e. The highest BCUT2D eigenvalue weighted by atomic mass is 19.1. The molecule has 0 heterocycles. The molecule has 0 atom stereocenters. The minimum atomic E-state index is -0.298. The minimum absolute atomic E-state index is 0.298. The zero-order valence-corrected chi connectivity index (χ0v) is 22.2. The molecule has 0 unspecified atom stereocenters. The van der Waals surface area contributed by atoms with E-state index in [1.54, 1.807) is 0 Å². The maximum Gasteiger partial charge on any atom is 0.157 e. The van der Waals surface area contributed by atoms with E-state index >= 15 is 4.39 Å².